The Morgan fingerprint density at radius 1 is 0.596 bits per heavy atom. The number of aliphatic hydroxyl groups is 3. The van der Waals surface area contributed by atoms with E-state index in [-0.39, 0.29) is 17.1 Å². The summed E-state index contributed by atoms with van der Waals surface area (Å²) in [6.07, 6.45) is -2.95. The maximum absolute atomic E-state index is 10.5. The molecule has 0 aliphatic carbocycles. The monoisotopic (exact) mass is 806 g/mol. The number of nitrogens with zero attached hydrogens (tertiary/aromatic N) is 4. The van der Waals surface area contributed by atoms with Crippen LogP contribution >= 0.6 is 0 Å². The minimum absolute atomic E-state index is 0. The normalized spacial score (nSPS) is 14.1. The molecular weight excluding hydrogens is 768 g/mol. The first-order chi connectivity index (χ1) is 27.0. The number of hydrogen-bond donors (Lipinski definition) is 3. The predicted octanol–water partition coefficient (Wildman–Crippen LogP) is 8.09. The fourth-order valence-electron chi connectivity index (χ4n) is 6.65. The van der Waals surface area contributed by atoms with Crippen LogP contribution in [0.5, 0.6) is 0 Å². The van der Waals surface area contributed by atoms with Gasteiger partial charge in [0.1, 0.15) is 0 Å². The van der Waals surface area contributed by atoms with Gasteiger partial charge >= 0.3 is 23.0 Å². The molecule has 0 saturated carbocycles. The molecule has 0 spiro atoms. The number of fused-ring (bicyclic) bond motifs is 6. The molecular formula is C46H39CuN4O6. The van der Waals surface area contributed by atoms with Gasteiger partial charge in [-0.3, -0.25) is 19.9 Å². The van der Waals surface area contributed by atoms with Gasteiger partial charge in [0.05, 0.1) is 28.2 Å². The summed E-state index contributed by atoms with van der Waals surface area (Å²) in [5.41, 5.74) is 12.8. The molecule has 2 atom stereocenters. The maximum Gasteiger partial charge on any atom is 1.00 e. The molecule has 4 aromatic heterocycles. The fraction of sp³-hybridized carbons (Fsp3) is 0.152. The van der Waals surface area contributed by atoms with Gasteiger partial charge in [-0.25, -0.2) is 4.79 Å². The van der Waals surface area contributed by atoms with Gasteiger partial charge in [0, 0.05) is 44.3 Å². The standard InChI is InChI=1S/2C20H16N2.C6H7O6.Cu/c2*1-13-8-10-16-12-18(15-6-4-3-5-7-15)17-11-9-14(2)22-20(17)19(16)21-13;7-1-2(8)5-3(9)4(10)6(11)12-5;/h2*3-12H,1-2H3;2,5,8-10H,1H2;/q;;-1;+1. The smallest absolute Gasteiger partial charge is 0.853 e. The summed E-state index contributed by atoms with van der Waals surface area (Å²) in [4.78, 5) is 29.5. The molecule has 10 nitrogen and oxygen atoms in total. The van der Waals surface area contributed by atoms with Crippen LogP contribution in [0.1, 0.15) is 22.8 Å². The maximum atomic E-state index is 10.5. The first-order valence-electron chi connectivity index (χ1n) is 18.1. The van der Waals surface area contributed by atoms with Crippen molar-refractivity contribution in [3.8, 4) is 22.3 Å². The van der Waals surface area contributed by atoms with E-state index in [1.807, 2.05) is 39.8 Å². The summed E-state index contributed by atoms with van der Waals surface area (Å²) in [6.45, 7) is 7.17. The molecule has 8 aromatic rings. The second-order valence-corrected chi connectivity index (χ2v) is 13.6. The number of cyclic esters (lactones) is 1. The minimum Gasteiger partial charge on any atom is -0.853 e. The third-order valence-electron chi connectivity index (χ3n) is 9.46. The fourth-order valence-corrected chi connectivity index (χ4v) is 6.65. The Balaban J connectivity index is 0.000000150. The molecule has 1 aliphatic heterocycles. The molecule has 0 radical (unpaired) electrons. The van der Waals surface area contributed by atoms with Crippen molar-refractivity contribution in [1.29, 1.82) is 0 Å². The Morgan fingerprint density at radius 2 is 0.982 bits per heavy atom. The van der Waals surface area contributed by atoms with Gasteiger partial charge in [-0.15, -0.1) is 6.61 Å². The van der Waals surface area contributed by atoms with E-state index in [4.69, 9.17) is 35.3 Å². The quantitative estimate of drug-likeness (QED) is 0.0901. The molecule has 0 amide bonds. The van der Waals surface area contributed by atoms with E-state index >= 15 is 0 Å². The van der Waals surface area contributed by atoms with Crippen molar-refractivity contribution in [2.75, 3.05) is 6.61 Å². The number of benzene rings is 4. The SMILES string of the molecule is Cc1ccc2cc(-c3ccccc3)c3ccc(C)nc3c2n1.Cc1ccc2cc(-c3ccccc3)c3ccc(C)nc3c2n1.O=C1OC(C(O)C[O-])C(O)=C1O.[Cu+]. The van der Waals surface area contributed by atoms with Gasteiger partial charge in [-0.05, 0) is 86.3 Å². The van der Waals surface area contributed by atoms with Crippen molar-refractivity contribution in [2.45, 2.75) is 39.9 Å². The van der Waals surface area contributed by atoms with Crippen LogP contribution in [0.2, 0.25) is 0 Å². The molecule has 0 fully saturated rings. The van der Waals surface area contributed by atoms with Crippen molar-refractivity contribution in [1.82, 2.24) is 19.9 Å². The molecule has 11 heteroatoms. The number of aryl methyl sites for hydroxylation is 4. The molecule has 0 saturated heterocycles. The third kappa shape index (κ3) is 8.47. The van der Waals surface area contributed by atoms with Crippen LogP contribution in [-0.2, 0) is 26.6 Å². The van der Waals surface area contributed by atoms with E-state index in [0.29, 0.717) is 0 Å². The van der Waals surface area contributed by atoms with Crippen LogP contribution in [0.3, 0.4) is 0 Å². The van der Waals surface area contributed by atoms with Gasteiger partial charge in [-0.2, -0.15) is 0 Å². The Hall–Kier alpha value is -6.23. The zero-order valence-electron chi connectivity index (χ0n) is 31.6. The summed E-state index contributed by atoms with van der Waals surface area (Å²) < 4.78 is 4.28. The number of rotatable bonds is 4. The average Bonchev–Trinajstić information content (AvgIpc) is 3.48. The van der Waals surface area contributed by atoms with Gasteiger partial charge in [0.15, 0.2) is 11.9 Å². The summed E-state index contributed by atoms with van der Waals surface area (Å²) in [5, 5.41) is 41.2. The van der Waals surface area contributed by atoms with Crippen molar-refractivity contribution < 1.29 is 47.0 Å². The molecule has 290 valence electrons. The molecule has 0 bridgehead atoms. The molecule has 1 aliphatic rings. The van der Waals surface area contributed by atoms with Gasteiger partial charge in [0.25, 0.3) is 0 Å². The van der Waals surface area contributed by atoms with Crippen LogP contribution in [0.15, 0.2) is 133 Å². The Morgan fingerprint density at radius 3 is 1.35 bits per heavy atom. The third-order valence-corrected chi connectivity index (χ3v) is 9.46. The molecule has 57 heavy (non-hydrogen) atoms. The average molecular weight is 807 g/mol. The van der Waals surface area contributed by atoms with E-state index in [1.54, 1.807) is 0 Å². The molecule has 4 aromatic carbocycles. The van der Waals surface area contributed by atoms with E-state index in [0.717, 1.165) is 66.4 Å². The van der Waals surface area contributed by atoms with Crippen LogP contribution in [0.4, 0.5) is 0 Å². The van der Waals surface area contributed by atoms with Crippen LogP contribution in [-0.4, -0.2) is 60.0 Å². The van der Waals surface area contributed by atoms with Crippen molar-refractivity contribution in [3.05, 3.63) is 156 Å². The number of aliphatic hydroxyl groups excluding tert-OH is 3. The number of carbonyl (C=O) groups excluding carboxylic acids is 1. The largest absolute Gasteiger partial charge is 1.00 e. The van der Waals surface area contributed by atoms with Crippen LogP contribution < -0.4 is 5.11 Å². The Labute approximate surface area is 339 Å². The second-order valence-electron chi connectivity index (χ2n) is 13.6. The first-order valence-corrected chi connectivity index (χ1v) is 18.1. The summed E-state index contributed by atoms with van der Waals surface area (Å²) in [5.74, 6) is -2.87. The summed E-state index contributed by atoms with van der Waals surface area (Å²) in [7, 11) is 0. The van der Waals surface area contributed by atoms with Crippen molar-refractivity contribution in [2.24, 2.45) is 0 Å². The van der Waals surface area contributed by atoms with Crippen LogP contribution in [0, 0.1) is 27.7 Å². The topological polar surface area (TPSA) is 162 Å². The summed E-state index contributed by atoms with van der Waals surface area (Å²) in [6, 6.07) is 42.2. The zero-order chi connectivity index (χ0) is 39.5. The molecule has 5 heterocycles. The number of hydrogen-bond acceptors (Lipinski definition) is 10. The van der Waals surface area contributed by atoms with Crippen molar-refractivity contribution in [3.63, 3.8) is 0 Å². The zero-order valence-corrected chi connectivity index (χ0v) is 32.5. The first kappa shape index (κ1) is 40.4. The van der Waals surface area contributed by atoms with E-state index in [2.05, 4.69) is 114 Å². The van der Waals surface area contributed by atoms with E-state index < -0.39 is 36.3 Å². The Bertz CT molecular complexity index is 2610. The number of esters is 1. The van der Waals surface area contributed by atoms with E-state index in [9.17, 15) is 9.90 Å². The van der Waals surface area contributed by atoms with Gasteiger partial charge < -0.3 is 25.2 Å². The second kappa shape index (κ2) is 17.3. The number of ether oxygens (including phenoxy) is 1. The number of pyridine rings is 4. The van der Waals surface area contributed by atoms with Gasteiger partial charge in [-0.1, -0.05) is 84.9 Å². The number of carbonyl (C=O) groups is 1. The Kier molecular flexibility index (Phi) is 12.3. The number of aromatic nitrogens is 4. The predicted molar refractivity (Wildman–Crippen MR) is 217 cm³/mol. The summed E-state index contributed by atoms with van der Waals surface area (Å²) >= 11 is 0. The van der Waals surface area contributed by atoms with Crippen molar-refractivity contribution >= 4 is 49.6 Å². The molecule has 2 unspecified atom stereocenters. The minimum atomic E-state index is -1.53. The van der Waals surface area contributed by atoms with E-state index in [1.165, 1.54) is 22.3 Å². The molecule has 9 rings (SSSR count). The molecule has 3 N–H and O–H groups in total. The van der Waals surface area contributed by atoms with Crippen LogP contribution in [0.25, 0.3) is 65.9 Å². The van der Waals surface area contributed by atoms with Gasteiger partial charge in [0.2, 0.25) is 5.76 Å².